The molecule has 0 aliphatic carbocycles. The number of nitrogen functional groups attached to an aromatic ring is 1. The zero-order chi connectivity index (χ0) is 7.56. The summed E-state index contributed by atoms with van der Waals surface area (Å²) in [5.74, 6) is 0.996. The van der Waals surface area contributed by atoms with Crippen LogP contribution in [0.1, 0.15) is 6.92 Å². The maximum Gasteiger partial charge on any atom is 0.246 e. The maximum absolute atomic E-state index is 5.32. The van der Waals surface area contributed by atoms with Crippen LogP contribution in [-0.2, 0) is 0 Å². The van der Waals surface area contributed by atoms with Crippen molar-refractivity contribution in [1.29, 1.82) is 0 Å². The molecule has 0 aliphatic rings. The normalized spacial score (nSPS) is 9.80. The highest BCUT2D eigenvalue weighted by atomic mass is 15.4. The number of rotatable bonds is 2. The number of hydrogen-bond acceptors (Lipinski definition) is 4. The largest absolute Gasteiger partial charge is 0.368 e. The molecule has 0 radical (unpaired) electrons. The molecular weight excluding hydrogens is 130 g/mol. The van der Waals surface area contributed by atoms with E-state index in [1.807, 2.05) is 18.9 Å². The number of nitrogens with zero attached hydrogens (tertiary/aromatic N) is 3. The number of anilines is 2. The summed E-state index contributed by atoms with van der Waals surface area (Å²) < 4.78 is 0. The molecule has 0 amide bonds. The monoisotopic (exact) mass is 141 g/mol. The van der Waals surface area contributed by atoms with E-state index in [2.05, 4.69) is 15.2 Å². The summed E-state index contributed by atoms with van der Waals surface area (Å²) in [6.07, 6.45) is 0. The van der Waals surface area contributed by atoms with E-state index in [9.17, 15) is 0 Å². The fourth-order valence-corrected chi connectivity index (χ4v) is 0.577. The molecule has 0 bridgehead atoms. The summed E-state index contributed by atoms with van der Waals surface area (Å²) in [5.41, 5.74) is 5.32. The molecule has 0 aliphatic heterocycles. The zero-order valence-corrected chi connectivity index (χ0v) is 6.13. The van der Waals surface area contributed by atoms with Gasteiger partial charge in [0.25, 0.3) is 0 Å². The van der Waals surface area contributed by atoms with Crippen molar-refractivity contribution in [3.05, 3.63) is 0 Å². The molecule has 0 aromatic carbocycles. The van der Waals surface area contributed by atoms with Crippen LogP contribution in [0, 0.1) is 0 Å². The SMILES string of the molecule is CCN(C)c1n[nH]c(N)n1. The van der Waals surface area contributed by atoms with Crippen molar-refractivity contribution in [2.24, 2.45) is 0 Å². The molecule has 5 nitrogen and oxygen atoms in total. The summed E-state index contributed by atoms with van der Waals surface area (Å²) in [7, 11) is 1.91. The Kier molecular flexibility index (Phi) is 1.75. The second kappa shape index (κ2) is 2.55. The number of hydrogen-bond donors (Lipinski definition) is 2. The molecule has 1 heterocycles. The van der Waals surface area contributed by atoms with Crippen molar-refractivity contribution in [3.8, 4) is 0 Å². The Morgan fingerprint density at radius 1 is 1.70 bits per heavy atom. The first-order valence-corrected chi connectivity index (χ1v) is 3.13. The zero-order valence-electron chi connectivity index (χ0n) is 6.13. The van der Waals surface area contributed by atoms with Crippen molar-refractivity contribution < 1.29 is 0 Å². The minimum absolute atomic E-state index is 0.357. The van der Waals surface area contributed by atoms with Crippen molar-refractivity contribution >= 4 is 11.9 Å². The molecule has 1 aromatic rings. The van der Waals surface area contributed by atoms with E-state index in [-0.39, 0.29) is 0 Å². The van der Waals surface area contributed by atoms with Gasteiger partial charge in [0.15, 0.2) is 0 Å². The molecule has 10 heavy (non-hydrogen) atoms. The van der Waals surface area contributed by atoms with Gasteiger partial charge in [-0.1, -0.05) is 0 Å². The van der Waals surface area contributed by atoms with E-state index in [1.54, 1.807) is 0 Å². The van der Waals surface area contributed by atoms with Gasteiger partial charge < -0.3 is 10.6 Å². The Bertz CT molecular complexity index is 206. The van der Waals surface area contributed by atoms with E-state index >= 15 is 0 Å². The Morgan fingerprint density at radius 3 is 2.80 bits per heavy atom. The number of nitrogens with one attached hydrogen (secondary N) is 1. The highest BCUT2D eigenvalue weighted by Gasteiger charge is 2.02. The fourth-order valence-electron chi connectivity index (χ4n) is 0.577. The van der Waals surface area contributed by atoms with E-state index in [0.29, 0.717) is 11.9 Å². The Balaban J connectivity index is 2.74. The third kappa shape index (κ3) is 1.18. The predicted octanol–water partition coefficient (Wildman–Crippen LogP) is -0.157. The minimum Gasteiger partial charge on any atom is -0.368 e. The molecule has 1 aromatic heterocycles. The first kappa shape index (κ1) is 6.85. The standard InChI is InChI=1S/C5H11N5/c1-3-10(2)5-7-4(6)8-9-5/h3H2,1-2H3,(H3,6,7,8,9). The van der Waals surface area contributed by atoms with Crippen LogP contribution < -0.4 is 10.6 Å². The lowest BCUT2D eigenvalue weighted by Crippen LogP contribution is -2.17. The van der Waals surface area contributed by atoms with Gasteiger partial charge >= 0.3 is 0 Å². The highest BCUT2D eigenvalue weighted by Crippen LogP contribution is 2.03. The van der Waals surface area contributed by atoms with Crippen LogP contribution in [0.25, 0.3) is 0 Å². The number of aromatic nitrogens is 3. The Hall–Kier alpha value is -1.26. The van der Waals surface area contributed by atoms with Gasteiger partial charge in [0.05, 0.1) is 0 Å². The average molecular weight is 141 g/mol. The molecule has 1 rings (SSSR count). The summed E-state index contributed by atoms with van der Waals surface area (Å²) in [6, 6.07) is 0. The van der Waals surface area contributed by atoms with Crippen LogP contribution in [0.5, 0.6) is 0 Å². The molecule has 0 atom stereocenters. The van der Waals surface area contributed by atoms with E-state index in [1.165, 1.54) is 0 Å². The van der Waals surface area contributed by atoms with Gasteiger partial charge in [0, 0.05) is 13.6 Å². The molecule has 0 fully saturated rings. The molecule has 0 saturated heterocycles. The lowest BCUT2D eigenvalue weighted by molar-refractivity contribution is 0.905. The van der Waals surface area contributed by atoms with E-state index in [0.717, 1.165) is 6.54 Å². The summed E-state index contributed by atoms with van der Waals surface area (Å²) >= 11 is 0. The van der Waals surface area contributed by atoms with Gasteiger partial charge in [-0.3, -0.25) is 0 Å². The molecule has 56 valence electrons. The van der Waals surface area contributed by atoms with Gasteiger partial charge in [-0.2, -0.15) is 4.98 Å². The van der Waals surface area contributed by atoms with Crippen LogP contribution in [0.3, 0.4) is 0 Å². The Labute approximate surface area is 59.2 Å². The maximum atomic E-state index is 5.32. The van der Waals surface area contributed by atoms with Crippen LogP contribution in [-0.4, -0.2) is 28.8 Å². The summed E-state index contributed by atoms with van der Waals surface area (Å²) in [6.45, 7) is 2.89. The quantitative estimate of drug-likeness (QED) is 0.600. The fraction of sp³-hybridized carbons (Fsp3) is 0.600. The topological polar surface area (TPSA) is 70.8 Å². The molecule has 5 heteroatoms. The van der Waals surface area contributed by atoms with Gasteiger partial charge in [0.1, 0.15) is 0 Å². The van der Waals surface area contributed by atoms with Crippen molar-refractivity contribution in [1.82, 2.24) is 15.2 Å². The summed E-state index contributed by atoms with van der Waals surface area (Å²) in [5, 5.41) is 6.41. The van der Waals surface area contributed by atoms with Crippen molar-refractivity contribution in [3.63, 3.8) is 0 Å². The van der Waals surface area contributed by atoms with E-state index < -0.39 is 0 Å². The van der Waals surface area contributed by atoms with Crippen molar-refractivity contribution in [2.75, 3.05) is 24.2 Å². The average Bonchev–Trinajstić information content (AvgIpc) is 2.34. The first-order chi connectivity index (χ1) is 4.74. The summed E-state index contributed by atoms with van der Waals surface area (Å²) in [4.78, 5) is 5.81. The molecule has 0 unspecified atom stereocenters. The lowest BCUT2D eigenvalue weighted by atomic mass is 10.6. The number of aromatic amines is 1. The highest BCUT2D eigenvalue weighted by molar-refractivity contribution is 5.31. The predicted molar refractivity (Wildman–Crippen MR) is 39.7 cm³/mol. The first-order valence-electron chi connectivity index (χ1n) is 3.13. The van der Waals surface area contributed by atoms with Crippen molar-refractivity contribution in [2.45, 2.75) is 6.92 Å². The van der Waals surface area contributed by atoms with Gasteiger partial charge in [0.2, 0.25) is 11.9 Å². The van der Waals surface area contributed by atoms with Crippen LogP contribution in [0.2, 0.25) is 0 Å². The lowest BCUT2D eigenvalue weighted by Gasteiger charge is -2.09. The van der Waals surface area contributed by atoms with Crippen LogP contribution in [0.4, 0.5) is 11.9 Å². The van der Waals surface area contributed by atoms with Gasteiger partial charge in [-0.15, -0.1) is 5.10 Å². The molecule has 0 saturated carbocycles. The van der Waals surface area contributed by atoms with Gasteiger partial charge in [-0.25, -0.2) is 5.10 Å². The van der Waals surface area contributed by atoms with Gasteiger partial charge in [-0.05, 0) is 6.92 Å². The minimum atomic E-state index is 0.357. The smallest absolute Gasteiger partial charge is 0.246 e. The second-order valence-corrected chi connectivity index (χ2v) is 2.03. The number of nitrogens with two attached hydrogens (primary N) is 1. The molecular formula is C5H11N5. The van der Waals surface area contributed by atoms with E-state index in [4.69, 9.17) is 5.73 Å². The molecule has 3 N–H and O–H groups in total. The van der Waals surface area contributed by atoms with Crippen LogP contribution in [0.15, 0.2) is 0 Å². The number of H-pyrrole nitrogens is 1. The third-order valence-electron chi connectivity index (χ3n) is 1.31. The second-order valence-electron chi connectivity index (χ2n) is 2.03. The van der Waals surface area contributed by atoms with Crippen LogP contribution >= 0.6 is 0 Å². The Morgan fingerprint density at radius 2 is 2.40 bits per heavy atom. The molecule has 0 spiro atoms. The third-order valence-corrected chi connectivity index (χ3v) is 1.31.